The molecule has 2 N–H and O–H groups in total. The van der Waals surface area contributed by atoms with Crippen LogP contribution in [0.15, 0.2) is 24.3 Å². The van der Waals surface area contributed by atoms with Crippen LogP contribution in [0.3, 0.4) is 0 Å². The van der Waals surface area contributed by atoms with Crippen molar-refractivity contribution in [2.24, 2.45) is 5.73 Å². The predicted molar refractivity (Wildman–Crippen MR) is 79.4 cm³/mol. The molecule has 0 aromatic heterocycles. The van der Waals surface area contributed by atoms with Gasteiger partial charge in [0.15, 0.2) is 0 Å². The van der Waals surface area contributed by atoms with Crippen molar-refractivity contribution in [3.8, 4) is 5.75 Å². The van der Waals surface area contributed by atoms with Crippen LogP contribution in [-0.4, -0.2) is 30.6 Å². The standard InChI is InChI=1S/C16H26N2O/c1-3-19-16-10-5-4-9-15(16)13(2)18-11-7-6-8-14(18)12-17/h4-5,9-10,13-14H,3,6-8,11-12,17H2,1-2H3. The number of rotatable bonds is 5. The van der Waals surface area contributed by atoms with E-state index in [-0.39, 0.29) is 0 Å². The van der Waals surface area contributed by atoms with E-state index in [9.17, 15) is 0 Å². The summed E-state index contributed by atoms with van der Waals surface area (Å²) in [6.07, 6.45) is 3.80. The molecule has 2 rings (SSSR count). The first-order chi connectivity index (χ1) is 9.27. The van der Waals surface area contributed by atoms with Crippen molar-refractivity contribution >= 4 is 0 Å². The highest BCUT2D eigenvalue weighted by molar-refractivity contribution is 5.35. The normalized spacial score (nSPS) is 22.2. The Hall–Kier alpha value is -1.06. The van der Waals surface area contributed by atoms with Gasteiger partial charge in [0, 0.05) is 24.2 Å². The van der Waals surface area contributed by atoms with Gasteiger partial charge in [-0.3, -0.25) is 4.90 Å². The first-order valence-corrected chi connectivity index (χ1v) is 7.45. The van der Waals surface area contributed by atoms with E-state index in [2.05, 4.69) is 30.0 Å². The third-order valence-corrected chi connectivity index (χ3v) is 4.11. The summed E-state index contributed by atoms with van der Waals surface area (Å²) >= 11 is 0. The highest BCUT2D eigenvalue weighted by Gasteiger charge is 2.27. The Morgan fingerprint density at radius 3 is 2.89 bits per heavy atom. The van der Waals surface area contributed by atoms with Crippen molar-refractivity contribution in [1.82, 2.24) is 4.90 Å². The van der Waals surface area contributed by atoms with Gasteiger partial charge in [0.2, 0.25) is 0 Å². The van der Waals surface area contributed by atoms with Gasteiger partial charge >= 0.3 is 0 Å². The lowest BCUT2D eigenvalue weighted by molar-refractivity contribution is 0.106. The van der Waals surface area contributed by atoms with Crippen molar-refractivity contribution in [3.05, 3.63) is 29.8 Å². The largest absolute Gasteiger partial charge is 0.494 e. The van der Waals surface area contributed by atoms with Crippen LogP contribution in [0.2, 0.25) is 0 Å². The molecule has 0 bridgehead atoms. The zero-order valence-corrected chi connectivity index (χ0v) is 12.1. The van der Waals surface area contributed by atoms with Crippen LogP contribution in [0.5, 0.6) is 5.75 Å². The van der Waals surface area contributed by atoms with Gasteiger partial charge in [-0.2, -0.15) is 0 Å². The molecule has 2 unspecified atom stereocenters. The second-order valence-electron chi connectivity index (χ2n) is 5.27. The van der Waals surface area contributed by atoms with Crippen LogP contribution in [0.25, 0.3) is 0 Å². The summed E-state index contributed by atoms with van der Waals surface area (Å²) in [6.45, 7) is 6.91. The molecule has 1 aromatic rings. The van der Waals surface area contributed by atoms with Gasteiger partial charge in [-0.05, 0) is 39.3 Å². The van der Waals surface area contributed by atoms with E-state index in [0.717, 1.165) is 18.8 Å². The molecule has 3 nitrogen and oxygen atoms in total. The molecule has 0 amide bonds. The van der Waals surface area contributed by atoms with E-state index < -0.39 is 0 Å². The second-order valence-corrected chi connectivity index (χ2v) is 5.27. The molecule has 0 aliphatic carbocycles. The minimum absolute atomic E-state index is 0.372. The van der Waals surface area contributed by atoms with Gasteiger partial charge in [0.05, 0.1) is 6.61 Å². The topological polar surface area (TPSA) is 38.5 Å². The van der Waals surface area contributed by atoms with Crippen LogP contribution < -0.4 is 10.5 Å². The van der Waals surface area contributed by atoms with Crippen LogP contribution in [-0.2, 0) is 0 Å². The molecule has 0 radical (unpaired) electrons. The molecule has 1 aliphatic heterocycles. The Labute approximate surface area is 116 Å². The van der Waals surface area contributed by atoms with Crippen LogP contribution in [0, 0.1) is 0 Å². The maximum atomic E-state index is 5.93. The Bertz CT molecular complexity index is 394. The Morgan fingerprint density at radius 2 is 2.16 bits per heavy atom. The fraction of sp³-hybridized carbons (Fsp3) is 0.625. The lowest BCUT2D eigenvalue weighted by atomic mass is 9.96. The number of benzene rings is 1. The number of ether oxygens (including phenoxy) is 1. The lowest BCUT2D eigenvalue weighted by Crippen LogP contribution is -2.45. The van der Waals surface area contributed by atoms with Gasteiger partial charge in [-0.1, -0.05) is 24.6 Å². The number of hydrogen-bond acceptors (Lipinski definition) is 3. The molecular formula is C16H26N2O. The first kappa shape index (κ1) is 14.4. The minimum Gasteiger partial charge on any atom is -0.494 e. The fourth-order valence-electron chi connectivity index (χ4n) is 3.08. The molecule has 2 atom stereocenters. The maximum Gasteiger partial charge on any atom is 0.124 e. The molecule has 1 aromatic carbocycles. The average Bonchev–Trinajstić information content (AvgIpc) is 2.47. The Morgan fingerprint density at radius 1 is 1.37 bits per heavy atom. The van der Waals surface area contributed by atoms with E-state index in [1.165, 1.54) is 24.8 Å². The zero-order valence-electron chi connectivity index (χ0n) is 12.1. The summed E-state index contributed by atoms with van der Waals surface area (Å²) in [6, 6.07) is 9.26. The molecule has 19 heavy (non-hydrogen) atoms. The number of hydrogen-bond donors (Lipinski definition) is 1. The van der Waals surface area contributed by atoms with E-state index in [4.69, 9.17) is 10.5 Å². The average molecular weight is 262 g/mol. The lowest BCUT2D eigenvalue weighted by Gasteiger charge is -2.40. The van der Waals surface area contributed by atoms with E-state index >= 15 is 0 Å². The second kappa shape index (κ2) is 6.92. The first-order valence-electron chi connectivity index (χ1n) is 7.45. The monoisotopic (exact) mass is 262 g/mol. The maximum absolute atomic E-state index is 5.93. The molecule has 3 heteroatoms. The van der Waals surface area contributed by atoms with E-state index in [1.807, 2.05) is 13.0 Å². The third kappa shape index (κ3) is 3.28. The van der Waals surface area contributed by atoms with Crippen LogP contribution in [0.1, 0.15) is 44.7 Å². The number of nitrogens with two attached hydrogens (primary N) is 1. The fourth-order valence-corrected chi connectivity index (χ4v) is 3.08. The SMILES string of the molecule is CCOc1ccccc1C(C)N1CCCCC1CN. The summed E-state index contributed by atoms with van der Waals surface area (Å²) < 4.78 is 5.76. The zero-order chi connectivity index (χ0) is 13.7. The van der Waals surface area contributed by atoms with Gasteiger partial charge < -0.3 is 10.5 Å². The van der Waals surface area contributed by atoms with Gasteiger partial charge in [0.1, 0.15) is 5.75 Å². The number of piperidine rings is 1. The summed E-state index contributed by atoms with van der Waals surface area (Å²) in [4.78, 5) is 2.54. The number of para-hydroxylation sites is 1. The predicted octanol–water partition coefficient (Wildman–Crippen LogP) is 2.96. The van der Waals surface area contributed by atoms with Crippen LogP contribution >= 0.6 is 0 Å². The van der Waals surface area contributed by atoms with E-state index in [1.54, 1.807) is 0 Å². The van der Waals surface area contributed by atoms with Crippen molar-refractivity contribution < 1.29 is 4.74 Å². The van der Waals surface area contributed by atoms with E-state index in [0.29, 0.717) is 18.7 Å². The summed E-state index contributed by atoms with van der Waals surface area (Å²) in [7, 11) is 0. The number of likely N-dealkylation sites (tertiary alicyclic amines) is 1. The summed E-state index contributed by atoms with van der Waals surface area (Å²) in [5.74, 6) is 1.01. The molecule has 1 saturated heterocycles. The Kier molecular flexibility index (Phi) is 5.23. The van der Waals surface area contributed by atoms with Gasteiger partial charge in [0.25, 0.3) is 0 Å². The van der Waals surface area contributed by atoms with Gasteiger partial charge in [-0.15, -0.1) is 0 Å². The number of nitrogens with zero attached hydrogens (tertiary/aromatic N) is 1. The van der Waals surface area contributed by atoms with Crippen molar-refractivity contribution in [3.63, 3.8) is 0 Å². The molecule has 1 fully saturated rings. The molecule has 106 valence electrons. The Balaban J connectivity index is 2.19. The van der Waals surface area contributed by atoms with Gasteiger partial charge in [-0.25, -0.2) is 0 Å². The third-order valence-electron chi connectivity index (χ3n) is 4.11. The molecular weight excluding hydrogens is 236 g/mol. The molecule has 1 aliphatic rings. The quantitative estimate of drug-likeness (QED) is 0.886. The van der Waals surface area contributed by atoms with Crippen molar-refractivity contribution in [2.45, 2.75) is 45.2 Å². The van der Waals surface area contributed by atoms with Crippen molar-refractivity contribution in [1.29, 1.82) is 0 Å². The minimum atomic E-state index is 0.372. The van der Waals surface area contributed by atoms with Crippen LogP contribution in [0.4, 0.5) is 0 Å². The summed E-state index contributed by atoms with van der Waals surface area (Å²) in [5.41, 5.74) is 7.22. The molecule has 0 saturated carbocycles. The van der Waals surface area contributed by atoms with Crippen molar-refractivity contribution in [2.75, 3.05) is 19.7 Å². The molecule has 1 heterocycles. The smallest absolute Gasteiger partial charge is 0.124 e. The highest BCUT2D eigenvalue weighted by atomic mass is 16.5. The molecule has 0 spiro atoms. The highest BCUT2D eigenvalue weighted by Crippen LogP contribution is 2.33. The summed E-state index contributed by atoms with van der Waals surface area (Å²) in [5, 5.41) is 0.